The number of aliphatic carboxylic acids is 1. The van der Waals surface area contributed by atoms with E-state index in [2.05, 4.69) is 0 Å². The summed E-state index contributed by atoms with van der Waals surface area (Å²) < 4.78 is 0. The molecule has 1 aromatic carbocycles. The normalized spacial score (nSPS) is 15.3. The summed E-state index contributed by atoms with van der Waals surface area (Å²) in [7, 11) is 0. The summed E-state index contributed by atoms with van der Waals surface area (Å²) in [5.74, 6) is -1.06. The minimum absolute atomic E-state index is 0.113. The first-order chi connectivity index (χ1) is 8.18. The molecule has 1 aliphatic heterocycles. The molecule has 1 aliphatic rings. The average molecular weight is 231 g/mol. The van der Waals surface area contributed by atoms with Crippen LogP contribution in [0.25, 0.3) is 0 Å². The first-order valence-corrected chi connectivity index (χ1v) is 5.45. The van der Waals surface area contributed by atoms with Crippen LogP contribution in [0, 0.1) is 0 Å². The molecule has 0 aliphatic carbocycles. The lowest BCUT2D eigenvalue weighted by Crippen LogP contribution is -2.37. The number of hydrogen-bond acceptors (Lipinski definition) is 2. The predicted molar refractivity (Wildman–Crippen MR) is 62.7 cm³/mol. The standard InChI is InChI=1S/C13H13NO3/c15-12(10-5-2-1-3-6-10)14-8-4-7-11(9-14)13(16)17/h1-3,5-7H,4,8-9H2,(H,16,17). The van der Waals surface area contributed by atoms with Crippen LogP contribution >= 0.6 is 0 Å². The Morgan fingerprint density at radius 2 is 1.88 bits per heavy atom. The molecule has 2 rings (SSSR count). The summed E-state index contributed by atoms with van der Waals surface area (Å²) in [6, 6.07) is 8.91. The number of carboxylic acid groups (broad SMARTS) is 1. The molecule has 1 N–H and O–H groups in total. The molecule has 0 spiro atoms. The van der Waals surface area contributed by atoms with Crippen molar-refractivity contribution < 1.29 is 14.7 Å². The molecular weight excluding hydrogens is 218 g/mol. The summed E-state index contributed by atoms with van der Waals surface area (Å²) in [6.07, 6.45) is 2.28. The van der Waals surface area contributed by atoms with Crippen LogP contribution < -0.4 is 0 Å². The molecule has 1 heterocycles. The van der Waals surface area contributed by atoms with E-state index >= 15 is 0 Å². The minimum atomic E-state index is -0.949. The zero-order valence-electron chi connectivity index (χ0n) is 9.30. The van der Waals surface area contributed by atoms with Crippen LogP contribution in [-0.2, 0) is 4.79 Å². The minimum Gasteiger partial charge on any atom is -0.478 e. The molecule has 0 unspecified atom stereocenters. The Balaban J connectivity index is 2.12. The van der Waals surface area contributed by atoms with Gasteiger partial charge in [0.2, 0.25) is 0 Å². The van der Waals surface area contributed by atoms with Crippen molar-refractivity contribution in [3.05, 3.63) is 47.5 Å². The van der Waals surface area contributed by atoms with Crippen LogP contribution in [-0.4, -0.2) is 35.0 Å². The van der Waals surface area contributed by atoms with Crippen molar-refractivity contribution in [3.63, 3.8) is 0 Å². The van der Waals surface area contributed by atoms with E-state index in [1.54, 1.807) is 35.2 Å². The summed E-state index contributed by atoms with van der Waals surface area (Å²) >= 11 is 0. The molecule has 4 nitrogen and oxygen atoms in total. The summed E-state index contributed by atoms with van der Waals surface area (Å²) in [4.78, 5) is 24.5. The largest absolute Gasteiger partial charge is 0.478 e. The monoisotopic (exact) mass is 231 g/mol. The van der Waals surface area contributed by atoms with Crippen molar-refractivity contribution in [1.82, 2.24) is 4.90 Å². The first kappa shape index (κ1) is 11.4. The van der Waals surface area contributed by atoms with Gasteiger partial charge in [-0.1, -0.05) is 24.3 Å². The molecule has 1 amide bonds. The van der Waals surface area contributed by atoms with Gasteiger partial charge in [-0.2, -0.15) is 0 Å². The van der Waals surface area contributed by atoms with Gasteiger partial charge in [0.05, 0.1) is 12.1 Å². The fraction of sp³-hybridized carbons (Fsp3) is 0.231. The van der Waals surface area contributed by atoms with Gasteiger partial charge >= 0.3 is 5.97 Å². The molecule has 17 heavy (non-hydrogen) atoms. The van der Waals surface area contributed by atoms with Gasteiger partial charge in [0, 0.05) is 12.1 Å². The second kappa shape index (κ2) is 4.82. The molecule has 0 radical (unpaired) electrons. The first-order valence-electron chi connectivity index (χ1n) is 5.45. The van der Waals surface area contributed by atoms with E-state index < -0.39 is 5.97 Å². The lowest BCUT2D eigenvalue weighted by atomic mass is 10.1. The van der Waals surface area contributed by atoms with E-state index in [4.69, 9.17) is 5.11 Å². The topological polar surface area (TPSA) is 57.6 Å². The van der Waals surface area contributed by atoms with Crippen LogP contribution in [0.1, 0.15) is 16.8 Å². The summed E-state index contributed by atoms with van der Waals surface area (Å²) in [5.41, 5.74) is 0.889. The van der Waals surface area contributed by atoms with Crippen molar-refractivity contribution >= 4 is 11.9 Å². The lowest BCUT2D eigenvalue weighted by Gasteiger charge is -2.26. The van der Waals surface area contributed by atoms with E-state index in [0.29, 0.717) is 24.1 Å². The smallest absolute Gasteiger partial charge is 0.333 e. The van der Waals surface area contributed by atoms with Gasteiger partial charge in [-0.25, -0.2) is 4.79 Å². The fourth-order valence-corrected chi connectivity index (χ4v) is 1.84. The predicted octanol–water partition coefficient (Wildman–Crippen LogP) is 1.54. The van der Waals surface area contributed by atoms with Crippen LogP contribution in [0.15, 0.2) is 42.0 Å². The maximum Gasteiger partial charge on any atom is 0.333 e. The van der Waals surface area contributed by atoms with Crippen LogP contribution in [0.4, 0.5) is 0 Å². The Bertz CT molecular complexity index is 465. The van der Waals surface area contributed by atoms with Gasteiger partial charge in [-0.15, -0.1) is 0 Å². The van der Waals surface area contributed by atoms with Crippen LogP contribution in [0.3, 0.4) is 0 Å². The van der Waals surface area contributed by atoms with Gasteiger partial charge in [0.1, 0.15) is 0 Å². The molecule has 4 heteroatoms. The van der Waals surface area contributed by atoms with Gasteiger partial charge in [-0.05, 0) is 18.6 Å². The van der Waals surface area contributed by atoms with Gasteiger partial charge < -0.3 is 10.0 Å². The Hall–Kier alpha value is -2.10. The Kier molecular flexibility index (Phi) is 3.23. The number of carboxylic acids is 1. The van der Waals surface area contributed by atoms with E-state index in [1.807, 2.05) is 6.07 Å². The van der Waals surface area contributed by atoms with E-state index in [-0.39, 0.29) is 12.5 Å². The van der Waals surface area contributed by atoms with E-state index in [9.17, 15) is 9.59 Å². The highest BCUT2D eigenvalue weighted by Gasteiger charge is 2.22. The molecule has 88 valence electrons. The number of hydrogen-bond donors (Lipinski definition) is 1. The highest BCUT2D eigenvalue weighted by Crippen LogP contribution is 2.13. The quantitative estimate of drug-likeness (QED) is 0.840. The average Bonchev–Trinajstić information content (AvgIpc) is 2.39. The van der Waals surface area contributed by atoms with Crippen molar-refractivity contribution in [1.29, 1.82) is 0 Å². The fourth-order valence-electron chi connectivity index (χ4n) is 1.84. The number of carbonyl (C=O) groups is 2. The zero-order valence-corrected chi connectivity index (χ0v) is 9.30. The third-order valence-corrected chi connectivity index (χ3v) is 2.73. The summed E-state index contributed by atoms with van der Waals surface area (Å²) in [5, 5.41) is 8.90. The maximum atomic E-state index is 12.1. The van der Waals surface area contributed by atoms with Crippen molar-refractivity contribution in [2.75, 3.05) is 13.1 Å². The molecule has 0 atom stereocenters. The Labute approximate surface area is 99.2 Å². The number of benzene rings is 1. The second-order valence-electron chi connectivity index (χ2n) is 3.92. The van der Waals surface area contributed by atoms with Crippen molar-refractivity contribution in [2.24, 2.45) is 0 Å². The SMILES string of the molecule is O=C(O)C1=CCCN(C(=O)c2ccccc2)C1. The lowest BCUT2D eigenvalue weighted by molar-refractivity contribution is -0.132. The number of nitrogens with zero attached hydrogens (tertiary/aromatic N) is 1. The third-order valence-electron chi connectivity index (χ3n) is 2.73. The van der Waals surface area contributed by atoms with Crippen LogP contribution in [0.5, 0.6) is 0 Å². The van der Waals surface area contributed by atoms with E-state index in [1.165, 1.54) is 0 Å². The Morgan fingerprint density at radius 3 is 2.53 bits per heavy atom. The van der Waals surface area contributed by atoms with Gasteiger partial charge in [0.15, 0.2) is 0 Å². The number of amides is 1. The molecule has 0 saturated carbocycles. The molecule has 0 aromatic heterocycles. The van der Waals surface area contributed by atoms with E-state index in [0.717, 1.165) is 0 Å². The molecule has 0 fully saturated rings. The summed E-state index contributed by atoms with van der Waals surface area (Å²) in [6.45, 7) is 0.758. The second-order valence-corrected chi connectivity index (χ2v) is 3.92. The maximum absolute atomic E-state index is 12.1. The molecular formula is C13H13NO3. The highest BCUT2D eigenvalue weighted by atomic mass is 16.4. The van der Waals surface area contributed by atoms with Crippen LogP contribution in [0.2, 0.25) is 0 Å². The Morgan fingerprint density at radius 1 is 1.18 bits per heavy atom. The third kappa shape index (κ3) is 2.53. The number of rotatable bonds is 2. The van der Waals surface area contributed by atoms with Gasteiger partial charge in [0.25, 0.3) is 5.91 Å². The van der Waals surface area contributed by atoms with Gasteiger partial charge in [-0.3, -0.25) is 4.79 Å². The number of carbonyl (C=O) groups excluding carboxylic acids is 1. The van der Waals surface area contributed by atoms with Crippen molar-refractivity contribution in [3.8, 4) is 0 Å². The molecule has 1 aromatic rings. The highest BCUT2D eigenvalue weighted by molar-refractivity contribution is 5.96. The zero-order chi connectivity index (χ0) is 12.3. The van der Waals surface area contributed by atoms with Crippen molar-refractivity contribution in [2.45, 2.75) is 6.42 Å². The molecule has 0 bridgehead atoms. The molecule has 0 saturated heterocycles.